The molecule has 0 aliphatic rings. The Labute approximate surface area is 196 Å². The number of hydrogen-bond acceptors (Lipinski definition) is 5. The normalized spacial score (nSPS) is 12.1. The summed E-state index contributed by atoms with van der Waals surface area (Å²) in [5, 5.41) is 8.85. The number of sulfonamides is 1. The van der Waals surface area contributed by atoms with Gasteiger partial charge in [-0.15, -0.1) is 11.3 Å². The summed E-state index contributed by atoms with van der Waals surface area (Å²) in [6.45, 7) is 0.275. The van der Waals surface area contributed by atoms with Crippen LogP contribution < -0.4 is 4.72 Å². The van der Waals surface area contributed by atoms with Crippen LogP contribution in [0.25, 0.3) is 5.57 Å². The zero-order chi connectivity index (χ0) is 23.0. The summed E-state index contributed by atoms with van der Waals surface area (Å²) < 4.78 is 27.8. The summed E-state index contributed by atoms with van der Waals surface area (Å²) in [5.41, 5.74) is 3.94. The van der Waals surface area contributed by atoms with Gasteiger partial charge >= 0.3 is 5.97 Å². The van der Waals surface area contributed by atoms with Crippen molar-refractivity contribution in [2.45, 2.75) is 29.9 Å². The third-order valence-corrected chi connectivity index (χ3v) is 7.88. The minimum atomic E-state index is -3.56. The molecule has 0 aliphatic carbocycles. The smallest absolute Gasteiger partial charge is 0.303 e. The maximum Gasteiger partial charge on any atom is 0.303 e. The third-order valence-electron chi connectivity index (χ3n) is 4.70. The van der Waals surface area contributed by atoms with Crippen molar-refractivity contribution in [1.82, 2.24) is 9.71 Å². The maximum atomic E-state index is 12.3. The molecule has 9 heteroatoms. The molecule has 0 fully saturated rings. The van der Waals surface area contributed by atoms with Crippen LogP contribution in [0.3, 0.4) is 0 Å². The number of hydrogen-bond donors (Lipinski definition) is 2. The first-order valence-electron chi connectivity index (χ1n) is 10.0. The van der Waals surface area contributed by atoms with Crippen molar-refractivity contribution in [3.63, 3.8) is 0 Å². The Hall–Kier alpha value is -2.52. The van der Waals surface area contributed by atoms with Crippen molar-refractivity contribution >= 4 is 44.5 Å². The Morgan fingerprint density at radius 3 is 2.53 bits per heavy atom. The van der Waals surface area contributed by atoms with Gasteiger partial charge < -0.3 is 5.11 Å². The number of carboxylic acid groups (broad SMARTS) is 1. The topological polar surface area (TPSA) is 96.4 Å². The molecule has 168 valence electrons. The maximum absolute atomic E-state index is 12.3. The fourth-order valence-electron chi connectivity index (χ4n) is 3.12. The van der Waals surface area contributed by atoms with Gasteiger partial charge in [0, 0.05) is 30.9 Å². The highest BCUT2D eigenvalue weighted by Gasteiger charge is 2.15. The third kappa shape index (κ3) is 7.00. The van der Waals surface area contributed by atoms with Crippen molar-refractivity contribution < 1.29 is 18.3 Å². The first kappa shape index (κ1) is 24.1. The minimum absolute atomic E-state index is 0.128. The molecule has 0 spiro atoms. The lowest BCUT2D eigenvalue weighted by Crippen LogP contribution is -2.25. The number of thiophene rings is 1. The number of aliphatic carboxylic acids is 1. The molecule has 0 saturated heterocycles. The molecule has 0 atom stereocenters. The second-order valence-electron chi connectivity index (χ2n) is 7.05. The number of aromatic nitrogens is 1. The quantitative estimate of drug-likeness (QED) is 0.368. The van der Waals surface area contributed by atoms with Crippen LogP contribution in [-0.2, 0) is 21.2 Å². The van der Waals surface area contributed by atoms with Gasteiger partial charge in [0.15, 0.2) is 0 Å². The molecule has 0 radical (unpaired) electrons. The van der Waals surface area contributed by atoms with E-state index in [1.165, 1.54) is 6.07 Å². The molecule has 3 rings (SSSR count). The van der Waals surface area contributed by atoms with Crippen LogP contribution in [-0.4, -0.2) is 31.0 Å². The van der Waals surface area contributed by atoms with Crippen molar-refractivity contribution in [3.05, 3.63) is 88.0 Å². The van der Waals surface area contributed by atoms with Gasteiger partial charge in [0.2, 0.25) is 10.0 Å². The Balaban J connectivity index is 1.66. The van der Waals surface area contributed by atoms with E-state index in [1.54, 1.807) is 18.5 Å². The number of rotatable bonds is 11. The van der Waals surface area contributed by atoms with Gasteiger partial charge in [0.25, 0.3) is 0 Å². The van der Waals surface area contributed by atoms with E-state index < -0.39 is 16.0 Å². The second-order valence-corrected chi connectivity index (χ2v) is 10.8. The highest BCUT2D eigenvalue weighted by Crippen LogP contribution is 2.26. The van der Waals surface area contributed by atoms with Crippen molar-refractivity contribution in [2.24, 2.45) is 0 Å². The van der Waals surface area contributed by atoms with Gasteiger partial charge in [-0.25, -0.2) is 13.1 Å². The lowest BCUT2D eigenvalue weighted by Gasteiger charge is -2.10. The average molecular weight is 491 g/mol. The summed E-state index contributed by atoms with van der Waals surface area (Å²) in [5.74, 6) is -0.802. The molecule has 0 saturated carbocycles. The van der Waals surface area contributed by atoms with Crippen molar-refractivity contribution in [3.8, 4) is 0 Å². The molecule has 3 aromatic rings. The van der Waals surface area contributed by atoms with Gasteiger partial charge in [-0.3, -0.25) is 9.78 Å². The molecule has 0 amide bonds. The predicted octanol–water partition coefficient (Wildman–Crippen LogP) is 5.00. The highest BCUT2D eigenvalue weighted by atomic mass is 35.5. The summed E-state index contributed by atoms with van der Waals surface area (Å²) in [6, 6.07) is 14.8. The van der Waals surface area contributed by atoms with Crippen LogP contribution in [0.5, 0.6) is 0 Å². The summed E-state index contributed by atoms with van der Waals surface area (Å²) in [4.78, 5) is 15.0. The number of nitrogens with zero attached hydrogens (tertiary/aromatic N) is 1. The number of allylic oxidation sites excluding steroid dienone is 1. The molecular formula is C23H23ClN2O4S2. The van der Waals surface area contributed by atoms with Crippen LogP contribution in [0.2, 0.25) is 4.34 Å². The number of pyridine rings is 1. The largest absolute Gasteiger partial charge is 0.481 e. The van der Waals surface area contributed by atoms with Crippen LogP contribution in [0, 0.1) is 0 Å². The second kappa shape index (κ2) is 11.4. The zero-order valence-corrected chi connectivity index (χ0v) is 19.6. The SMILES string of the molecule is O=C(O)CCC/C=C(/c1ccc(CCNS(=O)(=O)c2ccc(Cl)s2)cc1)c1cccnc1. The zero-order valence-electron chi connectivity index (χ0n) is 17.2. The molecule has 1 aromatic carbocycles. The molecule has 0 unspecified atom stereocenters. The van der Waals surface area contributed by atoms with Gasteiger partial charge in [0.05, 0.1) is 4.34 Å². The summed E-state index contributed by atoms with van der Waals surface area (Å²) in [7, 11) is -3.56. The van der Waals surface area contributed by atoms with E-state index in [-0.39, 0.29) is 17.2 Å². The number of carbonyl (C=O) groups is 1. The number of benzene rings is 1. The molecule has 0 aliphatic heterocycles. The van der Waals surface area contributed by atoms with Gasteiger partial charge in [-0.1, -0.05) is 48.0 Å². The molecule has 32 heavy (non-hydrogen) atoms. The van der Waals surface area contributed by atoms with E-state index >= 15 is 0 Å². The number of nitrogens with one attached hydrogen (secondary N) is 1. The van der Waals surface area contributed by atoms with E-state index in [0.717, 1.165) is 33.6 Å². The van der Waals surface area contributed by atoms with Crippen LogP contribution in [0.4, 0.5) is 0 Å². The fourth-order valence-corrected chi connectivity index (χ4v) is 5.68. The van der Waals surface area contributed by atoms with Crippen LogP contribution in [0.15, 0.2) is 71.2 Å². The van der Waals surface area contributed by atoms with E-state index in [9.17, 15) is 13.2 Å². The number of carboxylic acids is 1. The van der Waals surface area contributed by atoms with E-state index in [2.05, 4.69) is 9.71 Å². The van der Waals surface area contributed by atoms with E-state index in [4.69, 9.17) is 16.7 Å². The Morgan fingerprint density at radius 2 is 1.91 bits per heavy atom. The van der Waals surface area contributed by atoms with E-state index in [0.29, 0.717) is 23.6 Å². The van der Waals surface area contributed by atoms with Gasteiger partial charge in [0.1, 0.15) is 4.21 Å². The fraction of sp³-hybridized carbons (Fsp3) is 0.217. The van der Waals surface area contributed by atoms with Crippen molar-refractivity contribution in [2.75, 3.05) is 6.54 Å². The van der Waals surface area contributed by atoms with Gasteiger partial charge in [-0.2, -0.15) is 0 Å². The van der Waals surface area contributed by atoms with Crippen LogP contribution in [0.1, 0.15) is 36.0 Å². The average Bonchev–Trinajstić information content (AvgIpc) is 3.22. The van der Waals surface area contributed by atoms with Crippen LogP contribution >= 0.6 is 22.9 Å². The lowest BCUT2D eigenvalue weighted by molar-refractivity contribution is -0.137. The standard InChI is InChI=1S/C23H23ClN2O4S2/c24-21-11-12-23(31-21)32(29,30)26-15-13-17-7-9-18(10-8-17)20(5-1-2-6-22(27)28)19-4-3-14-25-16-19/h3-5,7-12,14,16,26H,1-2,6,13,15H2,(H,27,28)/b20-5-. The predicted molar refractivity (Wildman–Crippen MR) is 127 cm³/mol. The number of halogens is 1. The monoisotopic (exact) mass is 490 g/mol. The molecular weight excluding hydrogens is 468 g/mol. The molecule has 2 heterocycles. The first-order chi connectivity index (χ1) is 15.3. The minimum Gasteiger partial charge on any atom is -0.481 e. The first-order valence-corrected chi connectivity index (χ1v) is 12.7. The van der Waals surface area contributed by atoms with E-state index in [1.807, 2.05) is 42.5 Å². The Kier molecular flexibility index (Phi) is 8.58. The molecule has 6 nitrogen and oxygen atoms in total. The lowest BCUT2D eigenvalue weighted by atomic mass is 9.96. The summed E-state index contributed by atoms with van der Waals surface area (Å²) in [6.07, 6.45) is 7.41. The number of unbranched alkanes of at least 4 members (excludes halogenated alkanes) is 1. The molecule has 2 N–H and O–H groups in total. The summed E-state index contributed by atoms with van der Waals surface area (Å²) >= 11 is 6.85. The van der Waals surface area contributed by atoms with Crippen molar-refractivity contribution in [1.29, 1.82) is 0 Å². The molecule has 0 bridgehead atoms. The molecule has 2 aromatic heterocycles. The van der Waals surface area contributed by atoms with Gasteiger partial charge in [-0.05, 0) is 54.2 Å². The Morgan fingerprint density at radius 1 is 1.12 bits per heavy atom. The Bertz CT molecular complexity index is 1170. The highest BCUT2D eigenvalue weighted by molar-refractivity contribution is 7.91.